The molecule has 3 N–H and O–H groups in total. The van der Waals surface area contributed by atoms with Crippen molar-refractivity contribution in [2.75, 3.05) is 0 Å². The molecular formula is C14H13N3O3. The average Bonchev–Trinajstić information content (AvgIpc) is 2.67. The Labute approximate surface area is 115 Å². The van der Waals surface area contributed by atoms with Gasteiger partial charge in [-0.1, -0.05) is 0 Å². The first-order valence-corrected chi connectivity index (χ1v) is 6.23. The third kappa shape index (κ3) is 2.11. The van der Waals surface area contributed by atoms with Crippen LogP contribution in [0, 0.1) is 0 Å². The standard InChI is InChI=1S/C14H13N3O3/c18-11-5-4-9(7-12(11)19)10-8-14(20)17-13(16-10)3-1-2-6-15-17/h3-8,16,18-19H,1-2H2. The second kappa shape index (κ2) is 4.73. The summed E-state index contributed by atoms with van der Waals surface area (Å²) in [6.07, 6.45) is 6.59. The SMILES string of the molecule is O=C1C=C(c2ccc(O)c(O)c2)NC2=CCCC=NN12. The number of fused-ring (bicyclic) bond motifs is 1. The van der Waals surface area contributed by atoms with E-state index in [0.29, 0.717) is 17.1 Å². The van der Waals surface area contributed by atoms with E-state index in [1.165, 1.54) is 23.2 Å². The normalized spacial score (nSPS) is 17.8. The molecule has 0 fully saturated rings. The third-order valence-electron chi connectivity index (χ3n) is 3.08. The molecule has 0 saturated heterocycles. The van der Waals surface area contributed by atoms with Crippen molar-refractivity contribution >= 4 is 17.8 Å². The Morgan fingerprint density at radius 1 is 1.20 bits per heavy atom. The Morgan fingerprint density at radius 2 is 2.05 bits per heavy atom. The summed E-state index contributed by atoms with van der Waals surface area (Å²) in [6.45, 7) is 0. The van der Waals surface area contributed by atoms with Crippen molar-refractivity contribution in [1.29, 1.82) is 0 Å². The van der Waals surface area contributed by atoms with E-state index < -0.39 is 0 Å². The number of aromatic hydroxyl groups is 2. The highest BCUT2D eigenvalue weighted by molar-refractivity contribution is 5.98. The summed E-state index contributed by atoms with van der Waals surface area (Å²) >= 11 is 0. The van der Waals surface area contributed by atoms with Gasteiger partial charge < -0.3 is 15.5 Å². The number of phenolic OH excluding ortho intramolecular Hbond substituents is 2. The molecule has 0 atom stereocenters. The van der Waals surface area contributed by atoms with Crippen LogP contribution in [0.15, 0.2) is 41.3 Å². The zero-order valence-corrected chi connectivity index (χ0v) is 10.6. The summed E-state index contributed by atoms with van der Waals surface area (Å²) in [5, 5.41) is 27.4. The number of phenols is 2. The lowest BCUT2D eigenvalue weighted by molar-refractivity contribution is -0.124. The molecule has 6 heteroatoms. The number of hydrogen-bond acceptors (Lipinski definition) is 5. The van der Waals surface area contributed by atoms with Crippen LogP contribution >= 0.6 is 0 Å². The molecule has 1 aromatic rings. The predicted octanol–water partition coefficient (Wildman–Crippen LogP) is 1.49. The average molecular weight is 271 g/mol. The maximum atomic E-state index is 12.1. The van der Waals surface area contributed by atoms with Crippen molar-refractivity contribution < 1.29 is 15.0 Å². The molecule has 0 aromatic heterocycles. The number of allylic oxidation sites excluding steroid dienone is 1. The van der Waals surface area contributed by atoms with Crippen molar-refractivity contribution in [3.05, 3.63) is 41.7 Å². The van der Waals surface area contributed by atoms with Crippen molar-refractivity contribution in [3.63, 3.8) is 0 Å². The summed E-state index contributed by atoms with van der Waals surface area (Å²) in [5.74, 6) is -0.0751. The highest BCUT2D eigenvalue weighted by Crippen LogP contribution is 2.29. The number of hydrogen-bond donors (Lipinski definition) is 3. The van der Waals surface area contributed by atoms with E-state index in [9.17, 15) is 15.0 Å². The lowest BCUT2D eigenvalue weighted by atomic mass is 10.1. The van der Waals surface area contributed by atoms with E-state index in [1.54, 1.807) is 12.3 Å². The Balaban J connectivity index is 1.99. The maximum Gasteiger partial charge on any atom is 0.274 e. The van der Waals surface area contributed by atoms with Gasteiger partial charge in [-0.2, -0.15) is 10.1 Å². The number of nitrogens with one attached hydrogen (secondary N) is 1. The van der Waals surface area contributed by atoms with E-state index in [1.807, 2.05) is 6.08 Å². The van der Waals surface area contributed by atoms with Gasteiger partial charge in [0.2, 0.25) is 0 Å². The fourth-order valence-corrected chi connectivity index (χ4v) is 2.07. The number of hydrazone groups is 1. The highest BCUT2D eigenvalue weighted by atomic mass is 16.3. The molecule has 20 heavy (non-hydrogen) atoms. The van der Waals surface area contributed by atoms with Gasteiger partial charge in [0.25, 0.3) is 5.91 Å². The first kappa shape index (κ1) is 12.3. The highest BCUT2D eigenvalue weighted by Gasteiger charge is 2.24. The Morgan fingerprint density at radius 3 is 2.85 bits per heavy atom. The van der Waals surface area contributed by atoms with Gasteiger partial charge >= 0.3 is 0 Å². The van der Waals surface area contributed by atoms with Crippen LogP contribution in [-0.4, -0.2) is 27.3 Å². The minimum atomic E-state index is -0.254. The van der Waals surface area contributed by atoms with Crippen LogP contribution in [0.3, 0.4) is 0 Å². The summed E-state index contributed by atoms with van der Waals surface area (Å²) in [6, 6.07) is 4.40. The van der Waals surface area contributed by atoms with E-state index in [-0.39, 0.29) is 17.4 Å². The van der Waals surface area contributed by atoms with Crippen LogP contribution in [0.1, 0.15) is 18.4 Å². The molecule has 102 valence electrons. The lowest BCUT2D eigenvalue weighted by Crippen LogP contribution is -2.35. The Bertz CT molecular complexity index is 662. The van der Waals surface area contributed by atoms with E-state index >= 15 is 0 Å². The van der Waals surface area contributed by atoms with Crippen molar-refractivity contribution in [1.82, 2.24) is 10.3 Å². The number of nitrogens with zero attached hydrogens (tertiary/aromatic N) is 2. The molecule has 0 aliphatic carbocycles. The minimum absolute atomic E-state index is 0.198. The molecule has 0 radical (unpaired) electrons. The largest absolute Gasteiger partial charge is 0.504 e. The van der Waals surface area contributed by atoms with Crippen molar-refractivity contribution in [3.8, 4) is 11.5 Å². The summed E-state index contributed by atoms with van der Waals surface area (Å²) in [4.78, 5) is 12.1. The van der Waals surface area contributed by atoms with Crippen molar-refractivity contribution in [2.24, 2.45) is 5.10 Å². The molecule has 2 aliphatic rings. The van der Waals surface area contributed by atoms with Gasteiger partial charge in [0.05, 0.1) is 5.70 Å². The van der Waals surface area contributed by atoms with Crippen LogP contribution in [0.5, 0.6) is 11.5 Å². The smallest absolute Gasteiger partial charge is 0.274 e. The molecule has 2 aliphatic heterocycles. The van der Waals surface area contributed by atoms with E-state index in [2.05, 4.69) is 10.4 Å². The number of rotatable bonds is 1. The fourth-order valence-electron chi connectivity index (χ4n) is 2.07. The number of carbonyl (C=O) groups excluding carboxylic acids is 1. The van der Waals surface area contributed by atoms with Gasteiger partial charge in [-0.25, -0.2) is 0 Å². The molecule has 6 nitrogen and oxygen atoms in total. The van der Waals surface area contributed by atoms with Gasteiger partial charge in [-0.05, 0) is 37.1 Å². The van der Waals surface area contributed by atoms with Crippen LogP contribution in [-0.2, 0) is 4.79 Å². The summed E-state index contributed by atoms with van der Waals surface area (Å²) < 4.78 is 0. The van der Waals surface area contributed by atoms with Crippen LogP contribution in [0.25, 0.3) is 5.70 Å². The Kier molecular flexibility index (Phi) is 2.90. The Hall–Kier alpha value is -2.76. The molecule has 0 unspecified atom stereocenters. The topological polar surface area (TPSA) is 85.2 Å². The van der Waals surface area contributed by atoms with Gasteiger partial charge in [0.1, 0.15) is 5.82 Å². The van der Waals surface area contributed by atoms with Gasteiger partial charge in [-0.3, -0.25) is 4.79 Å². The molecule has 1 aromatic carbocycles. The summed E-state index contributed by atoms with van der Waals surface area (Å²) in [5.41, 5.74) is 1.17. The molecule has 3 rings (SSSR count). The van der Waals surface area contributed by atoms with Crippen molar-refractivity contribution in [2.45, 2.75) is 12.8 Å². The molecule has 0 bridgehead atoms. The second-order valence-electron chi connectivity index (χ2n) is 4.50. The quantitative estimate of drug-likeness (QED) is 0.676. The number of amides is 1. The van der Waals surface area contributed by atoms with E-state index in [0.717, 1.165) is 12.8 Å². The van der Waals surface area contributed by atoms with Gasteiger partial charge in [0, 0.05) is 17.9 Å². The monoisotopic (exact) mass is 271 g/mol. The second-order valence-corrected chi connectivity index (χ2v) is 4.50. The van der Waals surface area contributed by atoms with Gasteiger partial charge in [-0.15, -0.1) is 0 Å². The number of carbonyl (C=O) groups is 1. The third-order valence-corrected chi connectivity index (χ3v) is 3.08. The maximum absolute atomic E-state index is 12.1. The molecule has 0 saturated carbocycles. The first-order valence-electron chi connectivity index (χ1n) is 6.23. The molecule has 2 heterocycles. The molecular weight excluding hydrogens is 258 g/mol. The van der Waals surface area contributed by atoms with E-state index in [4.69, 9.17) is 0 Å². The minimum Gasteiger partial charge on any atom is -0.504 e. The first-order chi connectivity index (χ1) is 9.65. The predicted molar refractivity (Wildman–Crippen MR) is 73.5 cm³/mol. The zero-order chi connectivity index (χ0) is 14.1. The summed E-state index contributed by atoms with van der Waals surface area (Å²) in [7, 11) is 0. The van der Waals surface area contributed by atoms with Crippen LogP contribution < -0.4 is 5.32 Å². The number of benzene rings is 1. The molecule has 0 spiro atoms. The fraction of sp³-hybridized carbons (Fsp3) is 0.143. The van der Waals surface area contributed by atoms with Gasteiger partial charge in [0.15, 0.2) is 11.5 Å². The van der Waals surface area contributed by atoms with Crippen LogP contribution in [0.4, 0.5) is 0 Å². The van der Waals surface area contributed by atoms with Crippen LogP contribution in [0.2, 0.25) is 0 Å². The molecule has 1 amide bonds. The zero-order valence-electron chi connectivity index (χ0n) is 10.6. The lowest BCUT2D eigenvalue weighted by Gasteiger charge is -2.26.